The number of H-pyrrole nitrogens is 1. The Kier molecular flexibility index (Phi) is 5.13. The highest BCUT2D eigenvalue weighted by Crippen LogP contribution is 2.09. The minimum Gasteiger partial charge on any atom is -0.363 e. The minimum atomic E-state index is -3.39. The highest BCUT2D eigenvalue weighted by molar-refractivity contribution is 7.89. The normalized spacial score (nSPS) is 12.2. The summed E-state index contributed by atoms with van der Waals surface area (Å²) in [4.78, 5) is 5.12. The van der Waals surface area contributed by atoms with Crippen LogP contribution in [0.5, 0.6) is 0 Å². The lowest BCUT2D eigenvalue weighted by Gasteiger charge is -2.09. The summed E-state index contributed by atoms with van der Waals surface area (Å²) < 4.78 is 26.3. The molecule has 0 bridgehead atoms. The molecule has 1 aromatic heterocycles. The summed E-state index contributed by atoms with van der Waals surface area (Å²) in [6.07, 6.45) is 1.50. The number of rotatable bonds is 7. The van der Waals surface area contributed by atoms with Crippen molar-refractivity contribution < 1.29 is 8.42 Å². The fourth-order valence-electron chi connectivity index (χ4n) is 1.35. The van der Waals surface area contributed by atoms with Gasteiger partial charge in [0.05, 0.1) is 4.90 Å². The van der Waals surface area contributed by atoms with E-state index in [1.165, 1.54) is 6.20 Å². The van der Waals surface area contributed by atoms with Crippen LogP contribution < -0.4 is 10.0 Å². The quantitative estimate of drug-likeness (QED) is 0.622. The molecule has 0 fully saturated rings. The molecule has 0 aliphatic carbocycles. The molecule has 6 nitrogen and oxygen atoms in total. The van der Waals surface area contributed by atoms with Gasteiger partial charge in [-0.05, 0) is 27.2 Å². The maximum Gasteiger partial charge on any atom is 0.242 e. The van der Waals surface area contributed by atoms with Gasteiger partial charge in [-0.15, -0.1) is 0 Å². The smallest absolute Gasteiger partial charge is 0.242 e. The van der Waals surface area contributed by atoms with Crippen LogP contribution in [0.25, 0.3) is 0 Å². The first-order valence-corrected chi connectivity index (χ1v) is 6.90. The lowest BCUT2D eigenvalue weighted by Crippen LogP contribution is -2.31. The molecule has 0 aliphatic rings. The zero-order chi connectivity index (χ0) is 12.9. The van der Waals surface area contributed by atoms with E-state index >= 15 is 0 Å². The van der Waals surface area contributed by atoms with Gasteiger partial charge in [0.15, 0.2) is 0 Å². The molecule has 1 rings (SSSR count). The van der Waals surface area contributed by atoms with Crippen molar-refractivity contribution >= 4 is 10.0 Å². The Balaban J connectivity index is 2.62. The molecule has 0 spiro atoms. The zero-order valence-corrected chi connectivity index (χ0v) is 11.3. The highest BCUT2D eigenvalue weighted by Gasteiger charge is 2.15. The molecule has 17 heavy (non-hydrogen) atoms. The van der Waals surface area contributed by atoms with Crippen molar-refractivity contribution in [3.05, 3.63) is 18.0 Å². The van der Waals surface area contributed by atoms with Crippen LogP contribution in [0.1, 0.15) is 5.69 Å². The molecule has 0 amide bonds. The fraction of sp³-hybridized carbons (Fsp3) is 0.600. The highest BCUT2D eigenvalue weighted by atomic mass is 32.2. The first kappa shape index (κ1) is 14.2. The molecule has 0 saturated heterocycles. The van der Waals surface area contributed by atoms with E-state index in [0.717, 1.165) is 5.69 Å². The third-order valence-electron chi connectivity index (χ3n) is 2.24. The SMILES string of the molecule is CNCc1cc(S(=O)(=O)NCCN(C)C)c[nH]1. The molecule has 7 heteroatoms. The lowest BCUT2D eigenvalue weighted by molar-refractivity contribution is 0.412. The lowest BCUT2D eigenvalue weighted by atomic mass is 10.4. The Morgan fingerprint density at radius 1 is 1.41 bits per heavy atom. The van der Waals surface area contributed by atoms with E-state index in [1.54, 1.807) is 6.07 Å². The van der Waals surface area contributed by atoms with Gasteiger partial charge in [0, 0.05) is 31.5 Å². The van der Waals surface area contributed by atoms with Crippen LogP contribution in [0.15, 0.2) is 17.2 Å². The van der Waals surface area contributed by atoms with Crippen LogP contribution in [-0.4, -0.2) is 52.5 Å². The number of likely N-dealkylation sites (N-methyl/N-ethyl adjacent to an activating group) is 1. The molecule has 0 aromatic carbocycles. The van der Waals surface area contributed by atoms with Crippen LogP contribution >= 0.6 is 0 Å². The van der Waals surface area contributed by atoms with Gasteiger partial charge < -0.3 is 15.2 Å². The van der Waals surface area contributed by atoms with Gasteiger partial charge in [-0.1, -0.05) is 0 Å². The van der Waals surface area contributed by atoms with Gasteiger partial charge >= 0.3 is 0 Å². The van der Waals surface area contributed by atoms with E-state index in [2.05, 4.69) is 15.0 Å². The summed E-state index contributed by atoms with van der Waals surface area (Å²) in [5.74, 6) is 0. The van der Waals surface area contributed by atoms with E-state index in [1.807, 2.05) is 26.0 Å². The van der Waals surface area contributed by atoms with Crippen molar-refractivity contribution in [2.24, 2.45) is 0 Å². The van der Waals surface area contributed by atoms with Gasteiger partial charge in [-0.2, -0.15) is 0 Å². The van der Waals surface area contributed by atoms with Crippen molar-refractivity contribution in [3.63, 3.8) is 0 Å². The van der Waals surface area contributed by atoms with Crippen molar-refractivity contribution in [2.45, 2.75) is 11.4 Å². The Labute approximate surface area is 102 Å². The molecule has 0 radical (unpaired) electrons. The Bertz CT molecular complexity index is 439. The molecule has 0 saturated carbocycles. The van der Waals surface area contributed by atoms with Crippen molar-refractivity contribution in [1.82, 2.24) is 19.9 Å². The van der Waals surface area contributed by atoms with Crippen LogP contribution in [0.4, 0.5) is 0 Å². The second-order valence-corrected chi connectivity index (χ2v) is 5.86. The molecule has 3 N–H and O–H groups in total. The second-order valence-electron chi connectivity index (χ2n) is 4.09. The Morgan fingerprint density at radius 2 is 2.12 bits per heavy atom. The summed E-state index contributed by atoms with van der Waals surface area (Å²) >= 11 is 0. The van der Waals surface area contributed by atoms with E-state index in [-0.39, 0.29) is 4.90 Å². The molecular weight excluding hydrogens is 240 g/mol. The second kappa shape index (κ2) is 6.15. The molecule has 1 heterocycles. The number of sulfonamides is 1. The number of hydrogen-bond acceptors (Lipinski definition) is 4. The number of hydrogen-bond donors (Lipinski definition) is 3. The summed E-state index contributed by atoms with van der Waals surface area (Å²) in [6, 6.07) is 1.63. The van der Waals surface area contributed by atoms with E-state index < -0.39 is 10.0 Å². The standard InChI is InChI=1S/C10H20N4O2S/c1-11-7-9-6-10(8-12-9)17(15,16)13-4-5-14(2)3/h6,8,11-13H,4-5,7H2,1-3H3. The number of aromatic amines is 1. The fourth-order valence-corrected chi connectivity index (χ4v) is 2.39. The van der Waals surface area contributed by atoms with Gasteiger partial charge in [-0.25, -0.2) is 13.1 Å². The van der Waals surface area contributed by atoms with Gasteiger partial charge in [-0.3, -0.25) is 0 Å². The predicted octanol–water partition coefficient (Wildman–Crippen LogP) is -0.426. The van der Waals surface area contributed by atoms with Crippen molar-refractivity contribution in [3.8, 4) is 0 Å². The van der Waals surface area contributed by atoms with Gasteiger partial charge in [0.2, 0.25) is 10.0 Å². The summed E-state index contributed by atoms with van der Waals surface area (Å²) in [7, 11) is 2.22. The summed E-state index contributed by atoms with van der Waals surface area (Å²) in [5.41, 5.74) is 0.848. The van der Waals surface area contributed by atoms with Gasteiger partial charge in [0.25, 0.3) is 0 Å². The summed E-state index contributed by atoms with van der Waals surface area (Å²) in [6.45, 7) is 1.70. The van der Waals surface area contributed by atoms with E-state index in [9.17, 15) is 8.42 Å². The Morgan fingerprint density at radius 3 is 2.71 bits per heavy atom. The van der Waals surface area contributed by atoms with E-state index in [0.29, 0.717) is 19.6 Å². The predicted molar refractivity (Wildman–Crippen MR) is 67.3 cm³/mol. The Hall–Kier alpha value is -0.890. The topological polar surface area (TPSA) is 77.2 Å². The molecule has 0 aliphatic heterocycles. The summed E-state index contributed by atoms with van der Waals surface area (Å²) in [5, 5.41) is 2.95. The number of nitrogens with zero attached hydrogens (tertiary/aromatic N) is 1. The molecular formula is C10H20N4O2S. The first-order chi connectivity index (χ1) is 7.95. The number of aromatic nitrogens is 1. The zero-order valence-electron chi connectivity index (χ0n) is 10.4. The number of nitrogens with one attached hydrogen (secondary N) is 3. The minimum absolute atomic E-state index is 0.279. The third-order valence-corrected chi connectivity index (χ3v) is 3.69. The van der Waals surface area contributed by atoms with Crippen LogP contribution in [-0.2, 0) is 16.6 Å². The first-order valence-electron chi connectivity index (χ1n) is 5.42. The molecule has 1 aromatic rings. The van der Waals surface area contributed by atoms with Crippen LogP contribution in [0, 0.1) is 0 Å². The van der Waals surface area contributed by atoms with Crippen LogP contribution in [0.3, 0.4) is 0 Å². The third kappa shape index (κ3) is 4.47. The maximum atomic E-state index is 11.9. The largest absolute Gasteiger partial charge is 0.363 e. The molecule has 98 valence electrons. The van der Waals surface area contributed by atoms with Crippen LogP contribution in [0.2, 0.25) is 0 Å². The molecule has 0 atom stereocenters. The molecule has 0 unspecified atom stereocenters. The van der Waals surface area contributed by atoms with E-state index in [4.69, 9.17) is 0 Å². The van der Waals surface area contributed by atoms with Crippen molar-refractivity contribution in [2.75, 3.05) is 34.2 Å². The average Bonchev–Trinajstić information content (AvgIpc) is 2.66. The van der Waals surface area contributed by atoms with Crippen molar-refractivity contribution in [1.29, 1.82) is 0 Å². The average molecular weight is 260 g/mol. The van der Waals surface area contributed by atoms with Gasteiger partial charge in [0.1, 0.15) is 0 Å². The monoisotopic (exact) mass is 260 g/mol. The maximum absolute atomic E-state index is 11.9.